The third kappa shape index (κ3) is 4.79. The Labute approximate surface area is 236 Å². The van der Waals surface area contributed by atoms with Crippen LogP contribution in [0.25, 0.3) is 10.8 Å². The summed E-state index contributed by atoms with van der Waals surface area (Å²) in [6.45, 7) is 4.42. The predicted molar refractivity (Wildman–Crippen MR) is 153 cm³/mol. The average molecular weight is 629 g/mol. The molecular weight excluding hydrogens is 595 g/mol. The molecule has 200 valence electrons. The van der Waals surface area contributed by atoms with Crippen LogP contribution in [0, 0.1) is 8.99 Å². The normalized spacial score (nSPS) is 20.3. The summed E-state index contributed by atoms with van der Waals surface area (Å²) < 4.78 is 7.04. The van der Waals surface area contributed by atoms with Crippen molar-refractivity contribution in [3.05, 3.63) is 50.7 Å². The largest absolute Gasteiger partial charge is 0.508 e. The van der Waals surface area contributed by atoms with Gasteiger partial charge in [-0.3, -0.25) is 4.79 Å². The lowest BCUT2D eigenvalue weighted by molar-refractivity contribution is 0.0751. The summed E-state index contributed by atoms with van der Waals surface area (Å²) in [4.78, 5) is 27.7. The molecule has 3 heterocycles. The molecule has 2 fully saturated rings. The fourth-order valence-electron chi connectivity index (χ4n) is 5.70. The molecule has 8 nitrogen and oxygen atoms in total. The summed E-state index contributed by atoms with van der Waals surface area (Å²) in [6.07, 6.45) is 6.49. The Morgan fingerprint density at radius 2 is 2.03 bits per heavy atom. The molecule has 9 heteroatoms. The van der Waals surface area contributed by atoms with Gasteiger partial charge >= 0.3 is 6.01 Å². The number of benzene rings is 2. The van der Waals surface area contributed by atoms with Crippen LogP contribution in [-0.4, -0.2) is 56.8 Å². The lowest BCUT2D eigenvalue weighted by atomic mass is 10.0. The Morgan fingerprint density at radius 1 is 1.18 bits per heavy atom. The number of aromatic hydroxyl groups is 1. The zero-order valence-corrected chi connectivity index (χ0v) is 23.8. The third-order valence-electron chi connectivity index (χ3n) is 8.29. The first-order chi connectivity index (χ1) is 18.4. The zero-order valence-electron chi connectivity index (χ0n) is 21.6. The topological polar surface area (TPSA) is 99.0 Å². The van der Waals surface area contributed by atoms with Crippen molar-refractivity contribution < 1.29 is 19.7 Å². The Bertz CT molecular complexity index is 1390. The zero-order chi connectivity index (χ0) is 26.4. The number of rotatable bonds is 6. The van der Waals surface area contributed by atoms with Crippen LogP contribution in [0.15, 0.2) is 30.3 Å². The van der Waals surface area contributed by atoms with Gasteiger partial charge in [0.1, 0.15) is 11.6 Å². The molecule has 3 aliphatic rings. The van der Waals surface area contributed by atoms with Gasteiger partial charge < -0.3 is 24.7 Å². The molecule has 0 spiro atoms. The molecule has 1 saturated heterocycles. The molecule has 1 saturated carbocycles. The van der Waals surface area contributed by atoms with Gasteiger partial charge in [-0.2, -0.15) is 9.97 Å². The van der Waals surface area contributed by atoms with Crippen molar-refractivity contribution in [1.82, 2.24) is 14.9 Å². The highest BCUT2D eigenvalue weighted by Gasteiger charge is 2.43. The number of carbonyl (C=O) groups is 1. The summed E-state index contributed by atoms with van der Waals surface area (Å²) >= 11 is 2.24. The number of ether oxygens (including phenoxy) is 1. The van der Waals surface area contributed by atoms with E-state index in [1.807, 2.05) is 18.2 Å². The van der Waals surface area contributed by atoms with Crippen molar-refractivity contribution in [3.8, 4) is 11.8 Å². The molecule has 1 aromatic heterocycles. The highest BCUT2D eigenvalue weighted by Crippen LogP contribution is 2.45. The lowest BCUT2D eigenvalue weighted by Gasteiger charge is -2.30. The Balaban J connectivity index is 1.35. The van der Waals surface area contributed by atoms with Crippen molar-refractivity contribution >= 4 is 45.1 Å². The molecule has 2 N–H and O–H groups in total. The predicted octanol–water partition coefficient (Wildman–Crippen LogP) is 5.02. The number of hydrogen-bond donors (Lipinski definition) is 2. The average Bonchev–Trinajstić information content (AvgIpc) is 3.62. The minimum Gasteiger partial charge on any atom is -0.508 e. The number of fused-ring (bicyclic) bond motifs is 2. The van der Waals surface area contributed by atoms with Gasteiger partial charge in [-0.15, -0.1) is 0 Å². The van der Waals surface area contributed by atoms with Gasteiger partial charge in [-0.25, -0.2) is 0 Å². The summed E-state index contributed by atoms with van der Waals surface area (Å²) in [5, 5.41) is 21.8. The van der Waals surface area contributed by atoms with E-state index in [0.29, 0.717) is 37.3 Å². The minimum absolute atomic E-state index is 0.0759. The highest BCUT2D eigenvalue weighted by molar-refractivity contribution is 14.1. The van der Waals surface area contributed by atoms with Crippen LogP contribution >= 0.6 is 22.6 Å². The maximum atomic E-state index is 13.9. The number of hydrogen-bond acceptors (Lipinski definition) is 7. The maximum absolute atomic E-state index is 13.9. The summed E-state index contributed by atoms with van der Waals surface area (Å²) in [5.41, 5.74) is 2.10. The van der Waals surface area contributed by atoms with E-state index < -0.39 is 0 Å². The standard InChI is InChI=1S/C29H33IN4O4/c1-18-6-3-2-4-11-34(18)26-22-14-33(15-24(22)31-28(32-26)38-17-29(16-35)9-10-29)27(37)21-13-20(36)12-19-7-5-8-23(30)25(19)21/h5,7-8,12-13,18,35-36H,2-4,6,9-11,14-17H2,1H3. The van der Waals surface area contributed by atoms with E-state index in [1.165, 1.54) is 12.8 Å². The van der Waals surface area contributed by atoms with Gasteiger partial charge in [0.2, 0.25) is 0 Å². The Morgan fingerprint density at radius 3 is 2.82 bits per heavy atom. The molecule has 3 aromatic rings. The number of aliphatic hydroxyl groups excluding tert-OH is 1. The number of phenolic OH excluding ortho intramolecular Hbond substituents is 1. The van der Waals surface area contributed by atoms with Crippen LogP contribution in [-0.2, 0) is 13.1 Å². The first kappa shape index (κ1) is 25.6. The Hall–Kier alpha value is -2.66. The van der Waals surface area contributed by atoms with Gasteiger partial charge in [-0.1, -0.05) is 25.0 Å². The Kier molecular flexibility index (Phi) is 6.84. The van der Waals surface area contributed by atoms with E-state index in [4.69, 9.17) is 14.7 Å². The minimum atomic E-state index is -0.173. The van der Waals surface area contributed by atoms with Crippen molar-refractivity contribution in [2.75, 3.05) is 24.7 Å². The molecular formula is C29H33IN4O4. The number of halogens is 1. The van der Waals surface area contributed by atoms with E-state index in [2.05, 4.69) is 34.4 Å². The van der Waals surface area contributed by atoms with Crippen LogP contribution in [0.1, 0.15) is 67.1 Å². The fraction of sp³-hybridized carbons (Fsp3) is 0.483. The number of aliphatic hydroxyl groups is 1. The highest BCUT2D eigenvalue weighted by atomic mass is 127. The van der Waals surface area contributed by atoms with Crippen LogP contribution < -0.4 is 9.64 Å². The second-order valence-corrected chi connectivity index (χ2v) is 12.2. The fourth-order valence-corrected chi connectivity index (χ4v) is 6.51. The summed E-state index contributed by atoms with van der Waals surface area (Å²) in [7, 11) is 0. The molecule has 1 unspecified atom stereocenters. The molecule has 38 heavy (non-hydrogen) atoms. The lowest BCUT2D eigenvalue weighted by Crippen LogP contribution is -2.34. The second-order valence-electron chi connectivity index (χ2n) is 11.1. The molecule has 0 bridgehead atoms. The summed E-state index contributed by atoms with van der Waals surface area (Å²) in [5.74, 6) is 0.800. The summed E-state index contributed by atoms with van der Waals surface area (Å²) in [6, 6.07) is 9.73. The number of carbonyl (C=O) groups excluding carboxylic acids is 1. The molecule has 1 aliphatic carbocycles. The molecule has 1 amide bonds. The van der Waals surface area contributed by atoms with Crippen molar-refractivity contribution in [2.24, 2.45) is 5.41 Å². The number of anilines is 1. The third-order valence-corrected chi connectivity index (χ3v) is 9.19. The monoisotopic (exact) mass is 628 g/mol. The van der Waals surface area contributed by atoms with Crippen LogP contribution in [0.3, 0.4) is 0 Å². The van der Waals surface area contributed by atoms with Gasteiger partial charge in [-0.05, 0) is 78.8 Å². The van der Waals surface area contributed by atoms with Gasteiger partial charge in [0.15, 0.2) is 0 Å². The molecule has 2 aliphatic heterocycles. The number of phenols is 1. The van der Waals surface area contributed by atoms with E-state index >= 15 is 0 Å². The van der Waals surface area contributed by atoms with Crippen LogP contribution in [0.2, 0.25) is 0 Å². The first-order valence-corrected chi connectivity index (χ1v) is 14.6. The van der Waals surface area contributed by atoms with E-state index in [1.54, 1.807) is 17.0 Å². The van der Waals surface area contributed by atoms with Crippen LogP contribution in [0.5, 0.6) is 11.8 Å². The molecule has 1 atom stereocenters. The first-order valence-electron chi connectivity index (χ1n) is 13.5. The quantitative estimate of drug-likeness (QED) is 0.370. The molecule has 2 aromatic carbocycles. The van der Waals surface area contributed by atoms with Gasteiger partial charge in [0.05, 0.1) is 37.6 Å². The van der Waals surface area contributed by atoms with Gasteiger partial charge in [0.25, 0.3) is 5.91 Å². The van der Waals surface area contributed by atoms with Crippen molar-refractivity contribution in [3.63, 3.8) is 0 Å². The SMILES string of the molecule is CC1CCCCCN1c1nc(OCC2(CO)CC2)nc2c1CN(C(=O)c1cc(O)cc3cccc(I)c13)C2. The number of amides is 1. The molecule has 0 radical (unpaired) electrons. The van der Waals surface area contributed by atoms with E-state index in [9.17, 15) is 15.0 Å². The second kappa shape index (κ2) is 10.1. The molecule has 6 rings (SSSR count). The number of aromatic nitrogens is 2. The van der Waals surface area contributed by atoms with E-state index in [0.717, 1.165) is 63.6 Å². The number of nitrogens with zero attached hydrogens (tertiary/aromatic N) is 4. The maximum Gasteiger partial charge on any atom is 0.318 e. The van der Waals surface area contributed by atoms with Crippen LogP contribution in [0.4, 0.5) is 5.82 Å². The van der Waals surface area contributed by atoms with Gasteiger partial charge in [0, 0.05) is 32.5 Å². The van der Waals surface area contributed by atoms with Crippen molar-refractivity contribution in [1.29, 1.82) is 0 Å². The van der Waals surface area contributed by atoms with Crippen molar-refractivity contribution in [2.45, 2.75) is 64.6 Å². The smallest absolute Gasteiger partial charge is 0.318 e. The van der Waals surface area contributed by atoms with E-state index in [-0.39, 0.29) is 23.7 Å².